The number of hydrogen-bond acceptors (Lipinski definition) is 6. The number of aldehydes is 1. The van der Waals surface area contributed by atoms with Crippen molar-refractivity contribution < 1.29 is 23.9 Å². The summed E-state index contributed by atoms with van der Waals surface area (Å²) in [5.41, 5.74) is 4.91. The third-order valence-electron chi connectivity index (χ3n) is 2.83. The monoisotopic (exact) mass is 317 g/mol. The lowest BCUT2D eigenvalue weighted by Gasteiger charge is -2.24. The van der Waals surface area contributed by atoms with Crippen molar-refractivity contribution in [1.29, 1.82) is 0 Å². The Hall–Kier alpha value is -1.74. The first-order valence-corrected chi connectivity index (χ1v) is 6.84. The van der Waals surface area contributed by atoms with Gasteiger partial charge in [-0.05, 0) is 6.42 Å². The Balaban J connectivity index is 2.53. The highest BCUT2D eigenvalue weighted by atomic mass is 32.1. The molecule has 1 rings (SSSR count). The highest BCUT2D eigenvalue weighted by Gasteiger charge is 2.35. The molecule has 0 spiro atoms. The van der Waals surface area contributed by atoms with E-state index in [1.807, 2.05) is 0 Å². The van der Waals surface area contributed by atoms with Crippen LogP contribution in [0.4, 0.5) is 9.59 Å². The highest BCUT2D eigenvalue weighted by Crippen LogP contribution is 2.23. The number of primary amides is 1. The van der Waals surface area contributed by atoms with E-state index in [0.717, 1.165) is 0 Å². The number of thiol groups is 1. The molecule has 8 nitrogen and oxygen atoms in total. The smallest absolute Gasteiger partial charge is 0.410 e. The van der Waals surface area contributed by atoms with E-state index >= 15 is 0 Å². The molecule has 0 aromatic rings. The fourth-order valence-electron chi connectivity index (χ4n) is 1.96. The maximum atomic E-state index is 11.9. The zero-order chi connectivity index (χ0) is 15.8. The van der Waals surface area contributed by atoms with Crippen molar-refractivity contribution in [3.05, 3.63) is 12.7 Å². The first-order valence-electron chi connectivity index (χ1n) is 6.33. The van der Waals surface area contributed by atoms with E-state index in [1.165, 1.54) is 11.0 Å². The van der Waals surface area contributed by atoms with E-state index in [0.29, 0.717) is 19.3 Å². The second-order valence-corrected chi connectivity index (χ2v) is 5.19. The van der Waals surface area contributed by atoms with Gasteiger partial charge in [0.25, 0.3) is 0 Å². The van der Waals surface area contributed by atoms with Gasteiger partial charge in [-0.25, -0.2) is 9.59 Å². The zero-order valence-corrected chi connectivity index (χ0v) is 12.3. The molecular formula is C12H19N3O5S. The standard InChI is InChI=1S/C12H19N3O5S/c1-2-3-19-12(18)15-5-9(21)4-8(15)7-20-10(6-16)14-11(13)17/h2,6,8-10,21H,1,3-5,7H2,(H3,13,14,17)/t8-,9-,10?/m0/s1. The molecule has 3 N–H and O–H groups in total. The number of hydrogen-bond donors (Lipinski definition) is 3. The summed E-state index contributed by atoms with van der Waals surface area (Å²) in [5, 5.41) is 2.12. The van der Waals surface area contributed by atoms with Gasteiger partial charge in [0.1, 0.15) is 6.61 Å². The maximum Gasteiger partial charge on any atom is 0.410 e. The molecule has 0 aromatic carbocycles. The number of nitrogens with one attached hydrogen (secondary N) is 1. The van der Waals surface area contributed by atoms with Crippen LogP contribution < -0.4 is 11.1 Å². The van der Waals surface area contributed by atoms with Gasteiger partial charge >= 0.3 is 12.1 Å². The van der Waals surface area contributed by atoms with E-state index < -0.39 is 18.4 Å². The Bertz CT molecular complexity index is 406. The molecule has 118 valence electrons. The average Bonchev–Trinajstić information content (AvgIpc) is 2.81. The van der Waals surface area contributed by atoms with Crippen molar-refractivity contribution in [3.63, 3.8) is 0 Å². The second-order valence-electron chi connectivity index (χ2n) is 4.46. The first kappa shape index (κ1) is 17.3. The van der Waals surface area contributed by atoms with Gasteiger partial charge in [-0.3, -0.25) is 4.79 Å². The third kappa shape index (κ3) is 5.64. The van der Waals surface area contributed by atoms with E-state index in [2.05, 4.69) is 24.5 Å². The van der Waals surface area contributed by atoms with Crippen molar-refractivity contribution in [3.8, 4) is 0 Å². The molecule has 0 aliphatic carbocycles. The fraction of sp³-hybridized carbons (Fsp3) is 0.583. The van der Waals surface area contributed by atoms with Crippen LogP contribution in [0, 0.1) is 0 Å². The van der Waals surface area contributed by atoms with Crippen molar-refractivity contribution >= 4 is 31.0 Å². The van der Waals surface area contributed by atoms with Gasteiger partial charge in [-0.15, -0.1) is 0 Å². The number of nitrogens with two attached hydrogens (primary N) is 1. The summed E-state index contributed by atoms with van der Waals surface area (Å²) in [6.07, 6.45) is 0.835. The minimum absolute atomic E-state index is 0.00587. The number of rotatable bonds is 7. The molecule has 0 saturated carbocycles. The Morgan fingerprint density at radius 2 is 2.29 bits per heavy atom. The van der Waals surface area contributed by atoms with Gasteiger partial charge in [0.05, 0.1) is 12.6 Å². The maximum absolute atomic E-state index is 11.9. The molecule has 1 heterocycles. The van der Waals surface area contributed by atoms with Crippen LogP contribution in [0.2, 0.25) is 0 Å². The molecule has 9 heteroatoms. The summed E-state index contributed by atoms with van der Waals surface area (Å²) in [5.74, 6) is 0. The Kier molecular flexibility index (Phi) is 7.03. The molecule has 1 fully saturated rings. The molecule has 21 heavy (non-hydrogen) atoms. The lowest BCUT2D eigenvalue weighted by atomic mass is 10.2. The molecule has 0 radical (unpaired) electrons. The summed E-state index contributed by atoms with van der Waals surface area (Å²) < 4.78 is 10.2. The van der Waals surface area contributed by atoms with Gasteiger partial charge in [-0.1, -0.05) is 12.7 Å². The van der Waals surface area contributed by atoms with Crippen LogP contribution in [0.3, 0.4) is 0 Å². The Morgan fingerprint density at radius 1 is 1.57 bits per heavy atom. The zero-order valence-electron chi connectivity index (χ0n) is 11.4. The largest absolute Gasteiger partial charge is 0.445 e. The van der Waals surface area contributed by atoms with Crippen molar-refractivity contribution in [2.75, 3.05) is 19.8 Å². The molecule has 0 aromatic heterocycles. The summed E-state index contributed by atoms with van der Waals surface area (Å²) in [6, 6.07) is -1.16. The Morgan fingerprint density at radius 3 is 2.86 bits per heavy atom. The Labute approximate surface area is 128 Å². The van der Waals surface area contributed by atoms with Crippen LogP contribution in [0.5, 0.6) is 0 Å². The molecule has 3 atom stereocenters. The van der Waals surface area contributed by atoms with E-state index in [-0.39, 0.29) is 24.5 Å². The molecule has 1 aliphatic rings. The van der Waals surface area contributed by atoms with Crippen LogP contribution in [0.1, 0.15) is 6.42 Å². The number of amides is 3. The number of likely N-dealkylation sites (tertiary alicyclic amines) is 1. The first-order chi connectivity index (χ1) is 9.97. The topological polar surface area (TPSA) is 111 Å². The van der Waals surface area contributed by atoms with Crippen molar-refractivity contribution in [2.45, 2.75) is 23.9 Å². The van der Waals surface area contributed by atoms with Gasteiger partial charge < -0.3 is 25.4 Å². The summed E-state index contributed by atoms with van der Waals surface area (Å²) in [6.45, 7) is 4.05. The van der Waals surface area contributed by atoms with Gasteiger partial charge in [-0.2, -0.15) is 12.6 Å². The summed E-state index contributed by atoms with van der Waals surface area (Å²) in [4.78, 5) is 34.8. The number of carbonyl (C=O) groups is 3. The van der Waals surface area contributed by atoms with Crippen LogP contribution >= 0.6 is 12.6 Å². The van der Waals surface area contributed by atoms with Gasteiger partial charge in [0.2, 0.25) is 0 Å². The molecule has 3 amide bonds. The van der Waals surface area contributed by atoms with Crippen LogP contribution in [0.15, 0.2) is 12.7 Å². The van der Waals surface area contributed by atoms with Crippen molar-refractivity contribution in [2.24, 2.45) is 5.73 Å². The van der Waals surface area contributed by atoms with Gasteiger partial charge in [0.15, 0.2) is 12.5 Å². The lowest BCUT2D eigenvalue weighted by molar-refractivity contribution is -0.120. The SMILES string of the molecule is C=CCOC(=O)N1C[C@@H](S)C[C@H]1COC(C=O)NC(N)=O. The van der Waals surface area contributed by atoms with Crippen LogP contribution in [-0.4, -0.2) is 60.6 Å². The molecule has 1 aliphatic heterocycles. The molecule has 1 saturated heterocycles. The predicted octanol–water partition coefficient (Wildman–Crippen LogP) is -0.108. The van der Waals surface area contributed by atoms with Crippen molar-refractivity contribution in [1.82, 2.24) is 10.2 Å². The number of carbonyl (C=O) groups excluding carboxylic acids is 3. The lowest BCUT2D eigenvalue weighted by Crippen LogP contribution is -2.45. The van der Waals surface area contributed by atoms with Crippen LogP contribution in [-0.2, 0) is 14.3 Å². The molecular weight excluding hydrogens is 298 g/mol. The van der Waals surface area contributed by atoms with Gasteiger partial charge in [0, 0.05) is 11.8 Å². The minimum atomic E-state index is -1.15. The second kappa shape index (κ2) is 8.53. The average molecular weight is 317 g/mol. The summed E-state index contributed by atoms with van der Waals surface area (Å²) in [7, 11) is 0. The highest BCUT2D eigenvalue weighted by molar-refractivity contribution is 7.81. The molecule has 1 unspecified atom stereocenters. The fourth-order valence-corrected chi connectivity index (χ4v) is 2.38. The number of ether oxygens (including phenoxy) is 2. The number of urea groups is 1. The van der Waals surface area contributed by atoms with E-state index in [9.17, 15) is 14.4 Å². The molecule has 0 bridgehead atoms. The summed E-state index contributed by atoms with van der Waals surface area (Å²) >= 11 is 4.34. The normalized spacial score (nSPS) is 22.4. The minimum Gasteiger partial charge on any atom is -0.445 e. The quantitative estimate of drug-likeness (QED) is 0.263. The van der Waals surface area contributed by atoms with E-state index in [1.54, 1.807) is 0 Å². The third-order valence-corrected chi connectivity index (χ3v) is 3.20. The van der Waals surface area contributed by atoms with Crippen LogP contribution in [0.25, 0.3) is 0 Å². The van der Waals surface area contributed by atoms with E-state index in [4.69, 9.17) is 15.2 Å². The predicted molar refractivity (Wildman–Crippen MR) is 78.0 cm³/mol. The number of nitrogens with zero attached hydrogens (tertiary/aromatic N) is 1.